The molecular weight excluding hydrogens is 154 g/mol. The number of allylic oxidation sites excluding steroid dienone is 2. The lowest BCUT2D eigenvalue weighted by molar-refractivity contribution is 0.851. The Bertz CT molecular complexity index is 263. The predicted octanol–water partition coefficient (Wildman–Crippen LogP) is 2.40. The number of fused-ring (bicyclic) bond motifs is 1. The van der Waals surface area contributed by atoms with E-state index in [9.17, 15) is 0 Å². The third-order valence-electron chi connectivity index (χ3n) is 1.96. The molecule has 11 heavy (non-hydrogen) atoms. The first-order valence-electron chi connectivity index (χ1n) is 3.83. The fourth-order valence-electron chi connectivity index (χ4n) is 1.44. The highest BCUT2D eigenvalue weighted by Crippen LogP contribution is 2.31. The maximum Gasteiger partial charge on any atom is 0.0852 e. The highest BCUT2D eigenvalue weighted by Gasteiger charge is 2.25. The van der Waals surface area contributed by atoms with Gasteiger partial charge in [0.15, 0.2) is 0 Å². The van der Waals surface area contributed by atoms with E-state index in [-0.39, 0.29) is 0 Å². The van der Waals surface area contributed by atoms with Gasteiger partial charge in [0.2, 0.25) is 0 Å². The van der Waals surface area contributed by atoms with Crippen LogP contribution < -0.4 is 0 Å². The molecule has 0 spiro atoms. The van der Waals surface area contributed by atoms with Gasteiger partial charge in [0, 0.05) is 0 Å². The summed E-state index contributed by atoms with van der Waals surface area (Å²) in [6.07, 6.45) is 6.68. The summed E-state index contributed by atoms with van der Waals surface area (Å²) in [5.41, 5.74) is 1.34. The molecule has 0 aromatic carbocycles. The molecule has 2 aliphatic rings. The van der Waals surface area contributed by atoms with Gasteiger partial charge in [-0.15, -0.1) is 11.8 Å². The predicted molar refractivity (Wildman–Crippen MR) is 51.2 cm³/mol. The van der Waals surface area contributed by atoms with Crippen molar-refractivity contribution in [2.24, 2.45) is 4.99 Å². The Morgan fingerprint density at radius 2 is 2.27 bits per heavy atom. The molecule has 0 saturated heterocycles. The number of hydrogen-bond acceptors (Lipinski definition) is 2. The molecule has 0 N–H and O–H groups in total. The molecule has 0 saturated carbocycles. The van der Waals surface area contributed by atoms with Crippen LogP contribution in [0.3, 0.4) is 0 Å². The van der Waals surface area contributed by atoms with Crippen molar-refractivity contribution in [3.05, 3.63) is 23.8 Å². The molecule has 1 nitrogen and oxygen atoms in total. The minimum absolute atomic E-state index is 0.421. The zero-order valence-electron chi connectivity index (χ0n) is 6.74. The monoisotopic (exact) mass is 165 g/mol. The van der Waals surface area contributed by atoms with E-state index in [2.05, 4.69) is 37.1 Å². The molecule has 0 fully saturated rings. The summed E-state index contributed by atoms with van der Waals surface area (Å²) >= 11 is 1.87. The van der Waals surface area contributed by atoms with Crippen molar-refractivity contribution in [2.45, 2.75) is 25.1 Å². The van der Waals surface area contributed by atoms with Gasteiger partial charge in [-0.3, -0.25) is 4.99 Å². The summed E-state index contributed by atoms with van der Waals surface area (Å²) in [5.74, 6) is 0. The first-order chi connectivity index (χ1) is 5.25. The molecule has 0 aromatic heterocycles. The van der Waals surface area contributed by atoms with Gasteiger partial charge in [0.25, 0.3) is 0 Å². The van der Waals surface area contributed by atoms with E-state index in [1.807, 2.05) is 11.8 Å². The second-order valence-electron chi connectivity index (χ2n) is 2.99. The Balaban J connectivity index is 2.26. The lowest BCUT2D eigenvalue weighted by Crippen LogP contribution is -2.15. The number of hydrogen-bond donors (Lipinski definition) is 0. The Morgan fingerprint density at radius 3 is 3.09 bits per heavy atom. The molecule has 58 valence electrons. The molecule has 1 aliphatic carbocycles. The van der Waals surface area contributed by atoms with Gasteiger partial charge in [-0.2, -0.15) is 0 Å². The highest BCUT2D eigenvalue weighted by molar-refractivity contribution is 8.14. The molecule has 1 heterocycles. The van der Waals surface area contributed by atoms with Crippen LogP contribution in [-0.4, -0.2) is 16.3 Å². The molecule has 2 atom stereocenters. The van der Waals surface area contributed by atoms with Crippen LogP contribution in [0.15, 0.2) is 28.8 Å². The molecule has 2 rings (SSSR count). The molecule has 0 radical (unpaired) electrons. The smallest absolute Gasteiger partial charge is 0.0852 e. The van der Waals surface area contributed by atoms with Gasteiger partial charge < -0.3 is 0 Å². The second-order valence-corrected chi connectivity index (χ2v) is 4.36. The van der Waals surface area contributed by atoms with Crippen molar-refractivity contribution in [3.8, 4) is 0 Å². The van der Waals surface area contributed by atoms with Crippen LogP contribution in [0.1, 0.15) is 13.8 Å². The Kier molecular flexibility index (Phi) is 1.64. The van der Waals surface area contributed by atoms with Crippen LogP contribution in [0.5, 0.6) is 0 Å². The molecule has 0 aromatic rings. The van der Waals surface area contributed by atoms with E-state index in [1.165, 1.54) is 10.6 Å². The van der Waals surface area contributed by atoms with E-state index in [4.69, 9.17) is 0 Å². The van der Waals surface area contributed by atoms with Crippen LogP contribution >= 0.6 is 11.8 Å². The molecule has 0 amide bonds. The normalized spacial score (nSPS) is 34.7. The Labute approximate surface area is 71.3 Å². The fourth-order valence-corrected chi connectivity index (χ4v) is 2.45. The van der Waals surface area contributed by atoms with Crippen LogP contribution in [0, 0.1) is 0 Å². The van der Waals surface area contributed by atoms with Gasteiger partial charge in [0.1, 0.15) is 0 Å². The number of thioether (sulfide) groups is 1. The lowest BCUT2D eigenvalue weighted by atomic mass is 10.0. The van der Waals surface area contributed by atoms with Crippen molar-refractivity contribution in [2.75, 3.05) is 0 Å². The van der Waals surface area contributed by atoms with Crippen LogP contribution in [0.25, 0.3) is 0 Å². The summed E-state index contributed by atoms with van der Waals surface area (Å²) in [6, 6.07) is 0.421. The molecular formula is C9H11NS. The molecule has 1 aliphatic heterocycles. The van der Waals surface area contributed by atoms with Crippen molar-refractivity contribution < 1.29 is 0 Å². The minimum Gasteiger partial charge on any atom is -0.274 e. The molecule has 2 unspecified atom stereocenters. The fraction of sp³-hybridized carbons (Fsp3) is 0.444. The van der Waals surface area contributed by atoms with Crippen molar-refractivity contribution in [1.82, 2.24) is 0 Å². The SMILES string of the molecule is CC1=CC2N=C(C)SC2C=C1. The summed E-state index contributed by atoms with van der Waals surface area (Å²) < 4.78 is 0. The second kappa shape index (κ2) is 2.52. The molecule has 2 heteroatoms. The third-order valence-corrected chi connectivity index (χ3v) is 3.11. The lowest BCUT2D eigenvalue weighted by Gasteiger charge is -2.13. The van der Waals surface area contributed by atoms with Gasteiger partial charge in [-0.25, -0.2) is 0 Å². The summed E-state index contributed by atoms with van der Waals surface area (Å²) in [7, 11) is 0. The van der Waals surface area contributed by atoms with Gasteiger partial charge in [-0.1, -0.05) is 23.8 Å². The zero-order valence-corrected chi connectivity index (χ0v) is 7.56. The number of rotatable bonds is 0. The van der Waals surface area contributed by atoms with E-state index >= 15 is 0 Å². The van der Waals surface area contributed by atoms with Crippen LogP contribution in [-0.2, 0) is 0 Å². The Hall–Kier alpha value is -0.500. The van der Waals surface area contributed by atoms with Gasteiger partial charge in [0.05, 0.1) is 16.3 Å². The third kappa shape index (κ3) is 1.27. The van der Waals surface area contributed by atoms with E-state index in [1.54, 1.807) is 0 Å². The Morgan fingerprint density at radius 1 is 1.45 bits per heavy atom. The van der Waals surface area contributed by atoms with Gasteiger partial charge in [-0.05, 0) is 13.8 Å². The quantitative estimate of drug-likeness (QED) is 0.537. The maximum atomic E-state index is 4.51. The zero-order chi connectivity index (χ0) is 7.84. The van der Waals surface area contributed by atoms with Crippen molar-refractivity contribution >= 4 is 16.8 Å². The number of aliphatic imine (C=N–C) groups is 1. The highest BCUT2D eigenvalue weighted by atomic mass is 32.2. The minimum atomic E-state index is 0.421. The first-order valence-corrected chi connectivity index (χ1v) is 4.71. The summed E-state index contributed by atoms with van der Waals surface area (Å²) in [5, 5.41) is 1.80. The van der Waals surface area contributed by atoms with Crippen LogP contribution in [0.2, 0.25) is 0 Å². The largest absolute Gasteiger partial charge is 0.274 e. The first kappa shape index (κ1) is 7.17. The number of nitrogens with zero attached hydrogens (tertiary/aromatic N) is 1. The average Bonchev–Trinajstić information content (AvgIpc) is 2.27. The van der Waals surface area contributed by atoms with Gasteiger partial charge >= 0.3 is 0 Å². The average molecular weight is 165 g/mol. The van der Waals surface area contributed by atoms with Crippen LogP contribution in [0.4, 0.5) is 0 Å². The molecule has 0 bridgehead atoms. The standard InChI is InChI=1S/C9H11NS/c1-6-3-4-9-8(5-6)10-7(2)11-9/h3-5,8-9H,1-2H3. The summed E-state index contributed by atoms with van der Waals surface area (Å²) in [6.45, 7) is 4.21. The maximum absolute atomic E-state index is 4.51. The topological polar surface area (TPSA) is 12.4 Å². The van der Waals surface area contributed by atoms with E-state index in [0.717, 1.165) is 0 Å². The van der Waals surface area contributed by atoms with E-state index in [0.29, 0.717) is 11.3 Å². The van der Waals surface area contributed by atoms with E-state index < -0.39 is 0 Å². The summed E-state index contributed by atoms with van der Waals surface area (Å²) in [4.78, 5) is 4.51. The van der Waals surface area contributed by atoms with Crippen molar-refractivity contribution in [1.29, 1.82) is 0 Å². The van der Waals surface area contributed by atoms with Crippen molar-refractivity contribution in [3.63, 3.8) is 0 Å².